The summed E-state index contributed by atoms with van der Waals surface area (Å²) in [5.41, 5.74) is 1.75. The lowest BCUT2D eigenvalue weighted by Crippen LogP contribution is -2.30. The van der Waals surface area contributed by atoms with Gasteiger partial charge in [0.2, 0.25) is 5.91 Å². The van der Waals surface area contributed by atoms with Gasteiger partial charge in [-0.1, -0.05) is 0 Å². The number of hydrogen-bond donors (Lipinski definition) is 1. The standard InChI is InChI=1S/C16H21N3O3/c1-11-7-8-19(18-11)10-16(20)17-12(2)14-9-13(21-3)5-6-15(14)22-4/h5-9,12H,10H2,1-4H3,(H,17,20). The second-order valence-electron chi connectivity index (χ2n) is 5.05. The zero-order valence-corrected chi connectivity index (χ0v) is 13.3. The summed E-state index contributed by atoms with van der Waals surface area (Å²) in [4.78, 5) is 12.1. The molecule has 1 heterocycles. The molecule has 0 aliphatic carbocycles. The Morgan fingerprint density at radius 1 is 1.32 bits per heavy atom. The van der Waals surface area contributed by atoms with Crippen molar-refractivity contribution in [2.24, 2.45) is 0 Å². The predicted molar refractivity (Wildman–Crippen MR) is 83.1 cm³/mol. The molecule has 0 saturated heterocycles. The van der Waals surface area contributed by atoms with Crippen LogP contribution in [0.4, 0.5) is 0 Å². The number of aryl methyl sites for hydroxylation is 1. The van der Waals surface area contributed by atoms with Crippen LogP contribution in [-0.2, 0) is 11.3 Å². The fourth-order valence-electron chi connectivity index (χ4n) is 2.24. The van der Waals surface area contributed by atoms with Crippen LogP contribution in [0.5, 0.6) is 11.5 Å². The Kier molecular flexibility index (Phi) is 5.04. The van der Waals surface area contributed by atoms with Gasteiger partial charge in [-0.15, -0.1) is 0 Å². The Balaban J connectivity index is 2.07. The van der Waals surface area contributed by atoms with Gasteiger partial charge in [-0.25, -0.2) is 0 Å². The highest BCUT2D eigenvalue weighted by Crippen LogP contribution is 2.29. The molecule has 1 N–H and O–H groups in total. The fourth-order valence-corrected chi connectivity index (χ4v) is 2.24. The second-order valence-corrected chi connectivity index (χ2v) is 5.05. The molecule has 118 valence electrons. The molecule has 1 aromatic carbocycles. The van der Waals surface area contributed by atoms with Gasteiger partial charge in [-0.3, -0.25) is 9.48 Å². The van der Waals surface area contributed by atoms with Gasteiger partial charge in [0.1, 0.15) is 18.0 Å². The third kappa shape index (κ3) is 3.78. The molecular weight excluding hydrogens is 282 g/mol. The molecular formula is C16H21N3O3. The Bertz CT molecular complexity index is 652. The van der Waals surface area contributed by atoms with Crippen LogP contribution in [0.25, 0.3) is 0 Å². The number of methoxy groups -OCH3 is 2. The maximum Gasteiger partial charge on any atom is 0.242 e. The van der Waals surface area contributed by atoms with E-state index in [1.165, 1.54) is 0 Å². The van der Waals surface area contributed by atoms with Crippen molar-refractivity contribution in [3.8, 4) is 11.5 Å². The van der Waals surface area contributed by atoms with Gasteiger partial charge in [-0.05, 0) is 38.1 Å². The van der Waals surface area contributed by atoms with Crippen LogP contribution in [0.2, 0.25) is 0 Å². The number of hydrogen-bond acceptors (Lipinski definition) is 4. The van der Waals surface area contributed by atoms with Crippen LogP contribution in [0.15, 0.2) is 30.5 Å². The molecule has 1 unspecified atom stereocenters. The average molecular weight is 303 g/mol. The lowest BCUT2D eigenvalue weighted by molar-refractivity contribution is -0.122. The third-order valence-corrected chi connectivity index (χ3v) is 3.36. The topological polar surface area (TPSA) is 65.4 Å². The van der Waals surface area contributed by atoms with Crippen molar-refractivity contribution in [1.82, 2.24) is 15.1 Å². The van der Waals surface area contributed by atoms with Gasteiger partial charge in [0.15, 0.2) is 0 Å². The molecule has 0 fully saturated rings. The summed E-state index contributed by atoms with van der Waals surface area (Å²) in [6.07, 6.45) is 1.78. The fraction of sp³-hybridized carbons (Fsp3) is 0.375. The van der Waals surface area contributed by atoms with E-state index >= 15 is 0 Å². The maximum atomic E-state index is 12.1. The summed E-state index contributed by atoms with van der Waals surface area (Å²) in [7, 11) is 3.21. The molecule has 6 nitrogen and oxygen atoms in total. The van der Waals surface area contributed by atoms with Crippen molar-refractivity contribution in [2.75, 3.05) is 14.2 Å². The van der Waals surface area contributed by atoms with E-state index in [1.54, 1.807) is 25.1 Å². The van der Waals surface area contributed by atoms with Gasteiger partial charge in [0, 0.05) is 11.8 Å². The monoisotopic (exact) mass is 303 g/mol. The third-order valence-electron chi connectivity index (χ3n) is 3.36. The number of aromatic nitrogens is 2. The lowest BCUT2D eigenvalue weighted by Gasteiger charge is -2.18. The Hall–Kier alpha value is -2.50. The summed E-state index contributed by atoms with van der Waals surface area (Å²) in [6.45, 7) is 3.98. The van der Waals surface area contributed by atoms with Crippen molar-refractivity contribution >= 4 is 5.91 Å². The van der Waals surface area contributed by atoms with Gasteiger partial charge >= 0.3 is 0 Å². The smallest absolute Gasteiger partial charge is 0.242 e. The lowest BCUT2D eigenvalue weighted by atomic mass is 10.1. The summed E-state index contributed by atoms with van der Waals surface area (Å²) in [5, 5.41) is 7.15. The highest BCUT2D eigenvalue weighted by molar-refractivity contribution is 5.76. The number of nitrogens with one attached hydrogen (secondary N) is 1. The second kappa shape index (κ2) is 6.98. The first-order valence-corrected chi connectivity index (χ1v) is 7.05. The number of rotatable bonds is 6. The molecule has 1 aromatic heterocycles. The zero-order chi connectivity index (χ0) is 16.1. The van der Waals surface area contributed by atoms with E-state index in [-0.39, 0.29) is 18.5 Å². The number of amides is 1. The SMILES string of the molecule is COc1ccc(OC)c(C(C)NC(=O)Cn2ccc(C)n2)c1. The molecule has 0 radical (unpaired) electrons. The predicted octanol–water partition coefficient (Wildman–Crippen LogP) is 2.09. The number of benzene rings is 1. The van der Waals surface area contributed by atoms with E-state index in [1.807, 2.05) is 38.1 Å². The van der Waals surface area contributed by atoms with Crippen LogP contribution < -0.4 is 14.8 Å². The molecule has 0 aliphatic rings. The Morgan fingerprint density at radius 2 is 2.09 bits per heavy atom. The first-order chi connectivity index (χ1) is 10.5. The van der Waals surface area contributed by atoms with Crippen molar-refractivity contribution in [2.45, 2.75) is 26.4 Å². The van der Waals surface area contributed by atoms with Gasteiger partial charge in [0.25, 0.3) is 0 Å². The first-order valence-electron chi connectivity index (χ1n) is 7.05. The van der Waals surface area contributed by atoms with Crippen LogP contribution in [0.3, 0.4) is 0 Å². The summed E-state index contributed by atoms with van der Waals surface area (Å²) >= 11 is 0. The van der Waals surface area contributed by atoms with Gasteiger partial charge in [-0.2, -0.15) is 5.10 Å². The van der Waals surface area contributed by atoms with Gasteiger partial charge < -0.3 is 14.8 Å². The highest BCUT2D eigenvalue weighted by atomic mass is 16.5. The molecule has 2 rings (SSSR count). The van der Waals surface area contributed by atoms with E-state index < -0.39 is 0 Å². The van der Waals surface area contributed by atoms with Gasteiger partial charge in [0.05, 0.1) is 26.0 Å². The molecule has 1 amide bonds. The van der Waals surface area contributed by atoms with Crippen LogP contribution >= 0.6 is 0 Å². The Labute approximate surface area is 130 Å². The van der Waals surface area contributed by atoms with Crippen LogP contribution in [-0.4, -0.2) is 29.9 Å². The molecule has 1 atom stereocenters. The van der Waals surface area contributed by atoms with Crippen molar-refractivity contribution < 1.29 is 14.3 Å². The summed E-state index contributed by atoms with van der Waals surface area (Å²) in [6, 6.07) is 7.18. The van der Waals surface area contributed by atoms with Crippen molar-refractivity contribution in [3.63, 3.8) is 0 Å². The molecule has 6 heteroatoms. The van der Waals surface area contributed by atoms with Crippen molar-refractivity contribution in [1.29, 1.82) is 0 Å². The maximum absolute atomic E-state index is 12.1. The van der Waals surface area contributed by atoms with Crippen molar-refractivity contribution in [3.05, 3.63) is 41.7 Å². The quantitative estimate of drug-likeness (QED) is 0.887. The minimum atomic E-state index is -0.200. The zero-order valence-electron chi connectivity index (χ0n) is 13.3. The molecule has 22 heavy (non-hydrogen) atoms. The van der Waals surface area contributed by atoms with E-state index in [4.69, 9.17) is 9.47 Å². The van der Waals surface area contributed by atoms with Crippen LogP contribution in [0, 0.1) is 6.92 Å². The van der Waals surface area contributed by atoms with E-state index in [9.17, 15) is 4.79 Å². The highest BCUT2D eigenvalue weighted by Gasteiger charge is 2.15. The molecule has 0 spiro atoms. The van der Waals surface area contributed by atoms with E-state index in [0.29, 0.717) is 5.75 Å². The number of nitrogens with zero attached hydrogens (tertiary/aromatic N) is 2. The van der Waals surface area contributed by atoms with E-state index in [2.05, 4.69) is 10.4 Å². The first kappa shape index (κ1) is 15.9. The number of carbonyl (C=O) groups is 1. The molecule has 0 saturated carbocycles. The molecule has 0 aliphatic heterocycles. The van der Waals surface area contributed by atoms with E-state index in [0.717, 1.165) is 17.0 Å². The number of carbonyl (C=O) groups excluding carboxylic acids is 1. The largest absolute Gasteiger partial charge is 0.497 e. The normalized spacial score (nSPS) is 11.8. The Morgan fingerprint density at radius 3 is 2.68 bits per heavy atom. The number of ether oxygens (including phenoxy) is 2. The summed E-state index contributed by atoms with van der Waals surface area (Å²) in [5.74, 6) is 1.32. The minimum Gasteiger partial charge on any atom is -0.497 e. The summed E-state index contributed by atoms with van der Waals surface area (Å²) < 4.78 is 12.2. The minimum absolute atomic E-state index is 0.111. The average Bonchev–Trinajstić information content (AvgIpc) is 2.91. The van der Waals surface area contributed by atoms with Crippen LogP contribution in [0.1, 0.15) is 24.2 Å². The molecule has 0 bridgehead atoms. The molecule has 2 aromatic rings.